The molecule has 0 unspecified atom stereocenters. The summed E-state index contributed by atoms with van der Waals surface area (Å²) in [5.41, 5.74) is -1.67. The first-order chi connectivity index (χ1) is 17.0. The molecule has 4 heterocycles. The van der Waals surface area contributed by atoms with E-state index in [2.05, 4.69) is 54.8 Å². The molecule has 4 rings (SSSR count). The fourth-order valence-electron chi connectivity index (χ4n) is 4.71. The van der Waals surface area contributed by atoms with Gasteiger partial charge in [-0.15, -0.1) is 0 Å². The number of piperidine rings is 1. The number of amides is 2. The number of pyridine rings is 1. The molecule has 2 aromatic rings. The highest BCUT2D eigenvalue weighted by Gasteiger charge is 2.46. The zero-order valence-electron chi connectivity index (χ0n) is 21.5. The van der Waals surface area contributed by atoms with Crippen LogP contribution in [0.3, 0.4) is 0 Å². The topological polar surface area (TPSA) is 67.2 Å². The average molecular weight is 624 g/mol. The van der Waals surface area contributed by atoms with Crippen LogP contribution in [0.1, 0.15) is 56.1 Å². The lowest BCUT2D eigenvalue weighted by Gasteiger charge is -2.47. The maximum Gasteiger partial charge on any atom is 0.420 e. The Morgan fingerprint density at radius 2 is 1.92 bits per heavy atom. The van der Waals surface area contributed by atoms with Crippen molar-refractivity contribution in [1.29, 1.82) is 0 Å². The molecular formula is C24H31BrClF3N4O3Si. The minimum absolute atomic E-state index is 0.0854. The van der Waals surface area contributed by atoms with Crippen molar-refractivity contribution in [1.82, 2.24) is 19.2 Å². The predicted octanol–water partition coefficient (Wildman–Crippen LogP) is 6.00. The lowest BCUT2D eigenvalue weighted by atomic mass is 10.00. The number of halogens is 5. The highest BCUT2D eigenvalue weighted by molar-refractivity contribution is 9.10. The Labute approximate surface area is 228 Å². The number of carbonyl (C=O) groups excluding carboxylic acids is 2. The minimum atomic E-state index is -4.68. The summed E-state index contributed by atoms with van der Waals surface area (Å²) in [5.74, 6) is -0.477. The van der Waals surface area contributed by atoms with Crippen molar-refractivity contribution in [2.75, 3.05) is 19.6 Å². The molecule has 0 N–H and O–H groups in total. The van der Waals surface area contributed by atoms with Gasteiger partial charge in [-0.1, -0.05) is 32.4 Å². The smallest absolute Gasteiger partial charge is 0.410 e. The Hall–Kier alpha value is -1.63. The van der Waals surface area contributed by atoms with Gasteiger partial charge in [0.1, 0.15) is 5.15 Å². The lowest BCUT2D eigenvalue weighted by Crippen LogP contribution is -2.60. The van der Waals surface area contributed by atoms with Gasteiger partial charge in [0.25, 0.3) is 5.91 Å². The van der Waals surface area contributed by atoms with E-state index in [9.17, 15) is 22.8 Å². The maximum absolute atomic E-state index is 13.7. The molecule has 0 aliphatic carbocycles. The Morgan fingerprint density at radius 1 is 1.24 bits per heavy atom. The number of carbonyl (C=O) groups is 2. The zero-order valence-corrected chi connectivity index (χ0v) is 24.8. The van der Waals surface area contributed by atoms with Crippen molar-refractivity contribution in [3.05, 3.63) is 33.1 Å². The van der Waals surface area contributed by atoms with Gasteiger partial charge in [-0.25, -0.2) is 4.98 Å². The van der Waals surface area contributed by atoms with Gasteiger partial charge in [0.15, 0.2) is 19.7 Å². The van der Waals surface area contributed by atoms with E-state index in [4.69, 9.17) is 16.0 Å². The largest absolute Gasteiger partial charge is 0.420 e. The molecule has 2 saturated heterocycles. The first-order valence-corrected chi connectivity index (χ1v) is 16.3. The van der Waals surface area contributed by atoms with Crippen LogP contribution in [0.5, 0.6) is 0 Å². The second-order valence-corrected chi connectivity index (χ2v) is 17.3. The standard InChI is InChI=1S/C24H31BrClF3N4O3Si/c1-23(2,3)37(4,5)36-17-13-31(10-8-16(17)32-9-6-7-18(32)34)22(35)19-20(26)33-12-14(25)11-15(21(33)30-19)24(27,28)29/h11-12,16-17H,6-10,13H2,1-5H3/t16-,17+/m0/s1. The SMILES string of the molecule is CC(C)(C)[Si](C)(C)O[C@@H]1CN(C(=O)c2nc3c(C(F)(F)F)cc(Br)cn3c2Cl)CC[C@@H]1N1CCCC1=O. The number of nitrogens with zero attached hydrogens (tertiary/aromatic N) is 4. The number of aromatic nitrogens is 2. The van der Waals surface area contributed by atoms with E-state index in [1.165, 1.54) is 11.1 Å². The normalized spacial score (nSPS) is 21.8. The number of hydrogen-bond donors (Lipinski definition) is 0. The zero-order chi connectivity index (χ0) is 27.5. The molecule has 0 saturated carbocycles. The Balaban J connectivity index is 1.67. The molecule has 37 heavy (non-hydrogen) atoms. The summed E-state index contributed by atoms with van der Waals surface area (Å²) >= 11 is 9.49. The van der Waals surface area contributed by atoms with Gasteiger partial charge >= 0.3 is 6.18 Å². The van der Waals surface area contributed by atoms with Crippen LogP contribution in [0.15, 0.2) is 16.7 Å². The fraction of sp³-hybridized carbons (Fsp3) is 0.625. The van der Waals surface area contributed by atoms with Crippen molar-refractivity contribution in [2.45, 2.75) is 76.5 Å². The number of rotatable bonds is 4. The molecule has 7 nitrogen and oxygen atoms in total. The van der Waals surface area contributed by atoms with Gasteiger partial charge in [-0.05, 0) is 53.0 Å². The molecule has 0 aromatic carbocycles. The number of likely N-dealkylation sites (tertiary alicyclic amines) is 2. The predicted molar refractivity (Wildman–Crippen MR) is 140 cm³/mol. The summed E-state index contributed by atoms with van der Waals surface area (Å²) in [6.45, 7) is 11.8. The summed E-state index contributed by atoms with van der Waals surface area (Å²) in [7, 11) is -2.27. The summed E-state index contributed by atoms with van der Waals surface area (Å²) in [6.07, 6.45) is -1.95. The van der Waals surface area contributed by atoms with Crippen molar-refractivity contribution >= 4 is 53.3 Å². The van der Waals surface area contributed by atoms with E-state index in [0.29, 0.717) is 25.9 Å². The van der Waals surface area contributed by atoms with Crippen LogP contribution in [0.4, 0.5) is 13.2 Å². The van der Waals surface area contributed by atoms with Gasteiger partial charge in [-0.3, -0.25) is 14.0 Å². The van der Waals surface area contributed by atoms with Gasteiger partial charge in [0, 0.05) is 36.7 Å². The van der Waals surface area contributed by atoms with Crippen LogP contribution in [-0.2, 0) is 15.4 Å². The monoisotopic (exact) mass is 622 g/mol. The number of hydrogen-bond acceptors (Lipinski definition) is 4. The van der Waals surface area contributed by atoms with Crippen LogP contribution < -0.4 is 0 Å². The minimum Gasteiger partial charge on any atom is -0.410 e. The number of alkyl halides is 3. The van der Waals surface area contributed by atoms with Gasteiger partial charge in [0.2, 0.25) is 5.91 Å². The Kier molecular flexibility index (Phi) is 7.54. The number of fused-ring (bicyclic) bond motifs is 1. The van der Waals surface area contributed by atoms with E-state index in [1.54, 1.807) is 0 Å². The molecule has 2 atom stereocenters. The summed E-state index contributed by atoms with van der Waals surface area (Å²) < 4.78 is 49.0. The third-order valence-corrected chi connectivity index (χ3v) is 13.0. The average Bonchev–Trinajstić information content (AvgIpc) is 3.34. The van der Waals surface area contributed by atoms with Gasteiger partial charge < -0.3 is 14.2 Å². The van der Waals surface area contributed by atoms with Crippen molar-refractivity contribution in [3.8, 4) is 0 Å². The quantitative estimate of drug-likeness (QED) is 0.392. The van der Waals surface area contributed by atoms with E-state index in [-0.39, 0.29) is 38.9 Å². The van der Waals surface area contributed by atoms with Gasteiger partial charge in [-0.2, -0.15) is 13.2 Å². The van der Waals surface area contributed by atoms with Crippen molar-refractivity contribution in [2.24, 2.45) is 0 Å². The van der Waals surface area contributed by atoms with E-state index in [0.717, 1.165) is 16.9 Å². The molecule has 0 spiro atoms. The van der Waals surface area contributed by atoms with Crippen molar-refractivity contribution in [3.63, 3.8) is 0 Å². The molecular weight excluding hydrogens is 593 g/mol. The first-order valence-electron chi connectivity index (χ1n) is 12.2. The number of imidazole rings is 1. The molecule has 2 aromatic heterocycles. The van der Waals surface area contributed by atoms with Crippen LogP contribution in [-0.4, -0.2) is 71.1 Å². The molecule has 204 valence electrons. The van der Waals surface area contributed by atoms with Crippen molar-refractivity contribution < 1.29 is 27.2 Å². The highest BCUT2D eigenvalue weighted by Crippen LogP contribution is 2.40. The molecule has 2 fully saturated rings. The molecule has 2 aliphatic heterocycles. The van der Waals surface area contributed by atoms with Crippen LogP contribution >= 0.6 is 27.5 Å². The fourth-order valence-corrected chi connectivity index (χ4v) is 6.74. The molecule has 13 heteroatoms. The molecule has 2 amide bonds. The highest BCUT2D eigenvalue weighted by atomic mass is 79.9. The summed E-state index contributed by atoms with van der Waals surface area (Å²) in [4.78, 5) is 33.6. The van der Waals surface area contributed by atoms with E-state index < -0.39 is 37.7 Å². The van der Waals surface area contributed by atoms with E-state index in [1.807, 2.05) is 4.90 Å². The van der Waals surface area contributed by atoms with Crippen LogP contribution in [0.2, 0.25) is 23.3 Å². The van der Waals surface area contributed by atoms with Crippen LogP contribution in [0.25, 0.3) is 5.65 Å². The molecule has 0 bridgehead atoms. The summed E-state index contributed by atoms with van der Waals surface area (Å²) in [6, 6.07) is 0.742. The molecule has 0 radical (unpaired) electrons. The third kappa shape index (κ3) is 5.44. The Morgan fingerprint density at radius 3 is 2.49 bits per heavy atom. The molecule has 2 aliphatic rings. The first kappa shape index (κ1) is 28.4. The van der Waals surface area contributed by atoms with Gasteiger partial charge in [0.05, 0.1) is 17.7 Å². The Bertz CT molecular complexity index is 1230. The van der Waals surface area contributed by atoms with E-state index >= 15 is 0 Å². The lowest BCUT2D eigenvalue weighted by molar-refractivity contribution is -0.136. The van der Waals surface area contributed by atoms with Crippen LogP contribution in [0, 0.1) is 0 Å². The second kappa shape index (κ2) is 9.84. The maximum atomic E-state index is 13.7. The second-order valence-electron chi connectivity index (χ2n) is 11.2. The summed E-state index contributed by atoms with van der Waals surface area (Å²) in [5, 5.41) is -0.281. The third-order valence-electron chi connectivity index (χ3n) is 7.71.